The topological polar surface area (TPSA) is 82.5 Å². The van der Waals surface area contributed by atoms with Crippen LogP contribution in [0.1, 0.15) is 20.3 Å². The first-order valence-electron chi connectivity index (χ1n) is 6.05. The zero-order valence-electron chi connectivity index (χ0n) is 11.7. The third-order valence-electron chi connectivity index (χ3n) is 2.55. The van der Waals surface area contributed by atoms with Crippen molar-refractivity contribution in [1.29, 1.82) is 0 Å². The van der Waals surface area contributed by atoms with Crippen LogP contribution in [0.4, 0.5) is 5.82 Å². The van der Waals surface area contributed by atoms with Crippen LogP contribution in [-0.4, -0.2) is 41.1 Å². The number of hydrogen-bond acceptors (Lipinski definition) is 4. The summed E-state index contributed by atoms with van der Waals surface area (Å²) in [6.07, 6.45) is 1.36. The zero-order valence-corrected chi connectivity index (χ0v) is 12.4. The lowest BCUT2D eigenvalue weighted by atomic mass is 10.0. The number of anilines is 1. The van der Waals surface area contributed by atoms with Crippen LogP contribution in [-0.2, 0) is 9.59 Å². The lowest BCUT2D eigenvalue weighted by Crippen LogP contribution is -2.48. The Labute approximate surface area is 122 Å². The number of amides is 1. The van der Waals surface area contributed by atoms with Gasteiger partial charge < -0.3 is 15.3 Å². The molecule has 7 heteroatoms. The normalized spacial score (nSPS) is 11.0. The van der Waals surface area contributed by atoms with Gasteiger partial charge in [-0.05, 0) is 26.0 Å². The highest BCUT2D eigenvalue weighted by atomic mass is 35.5. The van der Waals surface area contributed by atoms with Crippen molar-refractivity contribution in [1.82, 2.24) is 10.3 Å². The molecule has 110 valence electrons. The van der Waals surface area contributed by atoms with Crippen molar-refractivity contribution in [2.45, 2.75) is 25.8 Å². The number of rotatable bonds is 6. The predicted molar refractivity (Wildman–Crippen MR) is 77.0 cm³/mol. The minimum absolute atomic E-state index is 0.0810. The molecule has 0 unspecified atom stereocenters. The van der Waals surface area contributed by atoms with Gasteiger partial charge in [0.15, 0.2) is 0 Å². The van der Waals surface area contributed by atoms with Crippen molar-refractivity contribution in [2.24, 2.45) is 0 Å². The second-order valence-electron chi connectivity index (χ2n) is 5.19. The van der Waals surface area contributed by atoms with Crippen molar-refractivity contribution >= 4 is 29.3 Å². The molecule has 0 aliphatic rings. The number of likely N-dealkylation sites (N-methyl/N-ethyl adjacent to an activating group) is 1. The number of carbonyl (C=O) groups excluding carboxylic acids is 1. The molecular formula is C13H18ClN3O3. The minimum atomic E-state index is -0.956. The summed E-state index contributed by atoms with van der Waals surface area (Å²) in [4.78, 5) is 28.3. The molecule has 1 heterocycles. The van der Waals surface area contributed by atoms with E-state index in [1.807, 2.05) is 0 Å². The number of hydrogen-bond donors (Lipinski definition) is 2. The van der Waals surface area contributed by atoms with Crippen LogP contribution in [0.2, 0.25) is 5.02 Å². The molecule has 0 aromatic carbocycles. The van der Waals surface area contributed by atoms with Gasteiger partial charge in [0.2, 0.25) is 5.91 Å². The number of carboxylic acid groups (broad SMARTS) is 1. The molecule has 1 aromatic rings. The largest absolute Gasteiger partial charge is 0.481 e. The summed E-state index contributed by atoms with van der Waals surface area (Å²) in [6.45, 7) is 3.41. The maximum Gasteiger partial charge on any atom is 0.305 e. The van der Waals surface area contributed by atoms with Crippen molar-refractivity contribution < 1.29 is 14.7 Å². The molecule has 1 rings (SSSR count). The maximum atomic E-state index is 11.9. The third kappa shape index (κ3) is 5.44. The Kier molecular flexibility index (Phi) is 5.33. The molecular weight excluding hydrogens is 282 g/mol. The summed E-state index contributed by atoms with van der Waals surface area (Å²) < 4.78 is 0. The Morgan fingerprint density at radius 2 is 2.10 bits per heavy atom. The molecule has 0 aliphatic carbocycles. The fraction of sp³-hybridized carbons (Fsp3) is 0.462. The fourth-order valence-electron chi connectivity index (χ4n) is 1.73. The first kappa shape index (κ1) is 16.2. The van der Waals surface area contributed by atoms with Crippen LogP contribution < -0.4 is 10.2 Å². The number of aromatic nitrogens is 1. The van der Waals surface area contributed by atoms with Crippen LogP contribution in [0.3, 0.4) is 0 Å². The van der Waals surface area contributed by atoms with E-state index in [0.717, 1.165) is 0 Å². The van der Waals surface area contributed by atoms with E-state index in [2.05, 4.69) is 10.3 Å². The number of nitrogens with one attached hydrogen (secondary N) is 1. The fourth-order valence-corrected chi connectivity index (χ4v) is 1.84. The average Bonchev–Trinajstić information content (AvgIpc) is 2.26. The van der Waals surface area contributed by atoms with Gasteiger partial charge in [0, 0.05) is 18.8 Å². The molecule has 2 N–H and O–H groups in total. The Bertz CT molecular complexity index is 488. The molecule has 20 heavy (non-hydrogen) atoms. The van der Waals surface area contributed by atoms with E-state index in [9.17, 15) is 9.59 Å². The first-order chi connectivity index (χ1) is 9.19. The molecule has 0 bridgehead atoms. The van der Waals surface area contributed by atoms with Gasteiger partial charge in [0.05, 0.1) is 18.0 Å². The number of pyridine rings is 1. The van der Waals surface area contributed by atoms with E-state index < -0.39 is 11.5 Å². The van der Waals surface area contributed by atoms with Gasteiger partial charge in [-0.2, -0.15) is 0 Å². The molecule has 0 saturated heterocycles. The Hall–Kier alpha value is -1.82. The van der Waals surface area contributed by atoms with Gasteiger partial charge in [-0.3, -0.25) is 9.59 Å². The molecule has 0 spiro atoms. The van der Waals surface area contributed by atoms with Crippen LogP contribution in [0.15, 0.2) is 18.3 Å². The average molecular weight is 300 g/mol. The van der Waals surface area contributed by atoms with E-state index in [1.165, 1.54) is 6.20 Å². The number of aliphatic carboxylic acids is 1. The van der Waals surface area contributed by atoms with E-state index in [0.29, 0.717) is 10.8 Å². The second kappa shape index (κ2) is 6.56. The standard InChI is InChI=1S/C13H18ClN3O3/c1-13(2,6-12(19)20)16-11(18)8-17(3)10-5-4-9(14)7-15-10/h4-5,7H,6,8H2,1-3H3,(H,16,18)(H,19,20). The minimum Gasteiger partial charge on any atom is -0.481 e. The molecule has 0 fully saturated rings. The van der Waals surface area contributed by atoms with Crippen molar-refractivity contribution in [2.75, 3.05) is 18.5 Å². The molecule has 0 saturated carbocycles. The van der Waals surface area contributed by atoms with Gasteiger partial charge in [0.1, 0.15) is 5.82 Å². The summed E-state index contributed by atoms with van der Waals surface area (Å²) in [5, 5.41) is 12.0. The van der Waals surface area contributed by atoms with Crippen LogP contribution in [0.5, 0.6) is 0 Å². The van der Waals surface area contributed by atoms with Gasteiger partial charge in [-0.15, -0.1) is 0 Å². The monoisotopic (exact) mass is 299 g/mol. The molecule has 0 radical (unpaired) electrons. The smallest absolute Gasteiger partial charge is 0.305 e. The lowest BCUT2D eigenvalue weighted by molar-refractivity contribution is -0.138. The first-order valence-corrected chi connectivity index (χ1v) is 6.43. The second-order valence-corrected chi connectivity index (χ2v) is 5.63. The van der Waals surface area contributed by atoms with E-state index in [1.54, 1.807) is 37.9 Å². The summed E-state index contributed by atoms with van der Waals surface area (Å²) in [5.41, 5.74) is -0.794. The molecule has 0 atom stereocenters. The predicted octanol–water partition coefficient (Wildman–Crippen LogP) is 1.54. The Morgan fingerprint density at radius 1 is 1.45 bits per heavy atom. The van der Waals surface area contributed by atoms with Crippen LogP contribution in [0.25, 0.3) is 0 Å². The summed E-state index contributed by atoms with van der Waals surface area (Å²) in [7, 11) is 1.72. The van der Waals surface area contributed by atoms with Gasteiger partial charge >= 0.3 is 5.97 Å². The van der Waals surface area contributed by atoms with Gasteiger partial charge in [0.25, 0.3) is 0 Å². The zero-order chi connectivity index (χ0) is 15.3. The molecule has 0 aliphatic heterocycles. The Balaban J connectivity index is 2.57. The van der Waals surface area contributed by atoms with Gasteiger partial charge in [-0.25, -0.2) is 4.98 Å². The summed E-state index contributed by atoms with van der Waals surface area (Å²) in [5.74, 6) is -0.612. The van der Waals surface area contributed by atoms with Crippen molar-refractivity contribution in [3.63, 3.8) is 0 Å². The highest BCUT2D eigenvalue weighted by Gasteiger charge is 2.24. The van der Waals surface area contributed by atoms with E-state index >= 15 is 0 Å². The number of halogens is 1. The van der Waals surface area contributed by atoms with E-state index in [4.69, 9.17) is 16.7 Å². The number of carbonyl (C=O) groups is 2. The SMILES string of the molecule is CN(CC(=O)NC(C)(C)CC(=O)O)c1ccc(Cl)cn1. The number of carboxylic acids is 1. The molecule has 1 amide bonds. The highest BCUT2D eigenvalue weighted by Crippen LogP contribution is 2.13. The van der Waals surface area contributed by atoms with Crippen molar-refractivity contribution in [3.8, 4) is 0 Å². The van der Waals surface area contributed by atoms with E-state index in [-0.39, 0.29) is 18.9 Å². The van der Waals surface area contributed by atoms with Crippen LogP contribution in [0, 0.1) is 0 Å². The van der Waals surface area contributed by atoms with Gasteiger partial charge in [-0.1, -0.05) is 11.6 Å². The quantitative estimate of drug-likeness (QED) is 0.832. The molecule has 6 nitrogen and oxygen atoms in total. The number of nitrogens with zero attached hydrogens (tertiary/aromatic N) is 2. The summed E-state index contributed by atoms with van der Waals surface area (Å²) in [6, 6.07) is 3.39. The third-order valence-corrected chi connectivity index (χ3v) is 2.78. The highest BCUT2D eigenvalue weighted by molar-refractivity contribution is 6.30. The van der Waals surface area contributed by atoms with Crippen LogP contribution >= 0.6 is 11.6 Å². The maximum absolute atomic E-state index is 11.9. The summed E-state index contributed by atoms with van der Waals surface area (Å²) >= 11 is 5.74. The van der Waals surface area contributed by atoms with Crippen molar-refractivity contribution in [3.05, 3.63) is 23.4 Å². The Morgan fingerprint density at radius 3 is 2.60 bits per heavy atom. The lowest BCUT2D eigenvalue weighted by Gasteiger charge is -2.26. The molecule has 1 aromatic heterocycles.